The Labute approximate surface area is 107 Å². The average Bonchev–Trinajstić information content (AvgIpc) is 2.75. The number of carbonyl (C=O) groups excluding carboxylic acids is 2. The molecule has 0 spiro atoms. The first-order valence-corrected chi connectivity index (χ1v) is 6.31. The van der Waals surface area contributed by atoms with E-state index in [2.05, 4.69) is 4.98 Å². The summed E-state index contributed by atoms with van der Waals surface area (Å²) in [4.78, 5) is 29.5. The second kappa shape index (κ2) is 5.29. The van der Waals surface area contributed by atoms with E-state index in [0.717, 1.165) is 25.1 Å². The number of nitrogens with zero attached hydrogens (tertiary/aromatic N) is 2. The molecule has 0 radical (unpaired) electrons. The van der Waals surface area contributed by atoms with E-state index in [-0.39, 0.29) is 17.7 Å². The molecule has 0 aliphatic carbocycles. The maximum absolute atomic E-state index is 12.4. The molecular weight excluding hydrogens is 228 g/mol. The molecular formula is C14H18N2O2. The van der Waals surface area contributed by atoms with Gasteiger partial charge in [0.2, 0.25) is 0 Å². The van der Waals surface area contributed by atoms with Gasteiger partial charge in [0.1, 0.15) is 5.78 Å². The van der Waals surface area contributed by atoms with Crippen molar-refractivity contribution in [3.05, 3.63) is 29.6 Å². The lowest BCUT2D eigenvalue weighted by Gasteiger charge is -2.24. The lowest BCUT2D eigenvalue weighted by molar-refractivity contribution is -0.117. The van der Waals surface area contributed by atoms with Crippen molar-refractivity contribution < 1.29 is 9.59 Å². The lowest BCUT2D eigenvalue weighted by atomic mass is 10.1. The van der Waals surface area contributed by atoms with Gasteiger partial charge in [0.15, 0.2) is 0 Å². The van der Waals surface area contributed by atoms with Crippen molar-refractivity contribution in [2.45, 2.75) is 39.2 Å². The van der Waals surface area contributed by atoms with Crippen LogP contribution in [0.15, 0.2) is 18.3 Å². The Hall–Kier alpha value is -1.71. The first-order chi connectivity index (χ1) is 8.58. The van der Waals surface area contributed by atoms with Gasteiger partial charge in [-0.3, -0.25) is 14.6 Å². The van der Waals surface area contributed by atoms with Crippen molar-refractivity contribution in [1.82, 2.24) is 9.88 Å². The van der Waals surface area contributed by atoms with Crippen LogP contribution in [0.4, 0.5) is 0 Å². The van der Waals surface area contributed by atoms with Gasteiger partial charge in [-0.1, -0.05) is 0 Å². The quantitative estimate of drug-likeness (QED) is 0.819. The molecule has 2 rings (SSSR count). The molecule has 1 aliphatic heterocycles. The summed E-state index contributed by atoms with van der Waals surface area (Å²) in [6.07, 6.45) is 4.03. The van der Waals surface area contributed by atoms with Gasteiger partial charge in [-0.05, 0) is 38.8 Å². The Kier molecular flexibility index (Phi) is 3.75. The largest absolute Gasteiger partial charge is 0.335 e. The van der Waals surface area contributed by atoms with Gasteiger partial charge in [-0.25, -0.2) is 0 Å². The molecule has 4 nitrogen and oxygen atoms in total. The summed E-state index contributed by atoms with van der Waals surface area (Å²) in [6, 6.07) is 3.60. The lowest BCUT2D eigenvalue weighted by Crippen LogP contribution is -2.36. The predicted octanol–water partition coefficient (Wildman–Crippen LogP) is 1.97. The van der Waals surface area contributed by atoms with Crippen molar-refractivity contribution in [2.24, 2.45) is 0 Å². The van der Waals surface area contributed by atoms with Crippen molar-refractivity contribution in [1.29, 1.82) is 0 Å². The second-order valence-corrected chi connectivity index (χ2v) is 4.89. The molecule has 0 bridgehead atoms. The molecule has 18 heavy (non-hydrogen) atoms. The highest BCUT2D eigenvalue weighted by Crippen LogP contribution is 2.22. The topological polar surface area (TPSA) is 50.3 Å². The van der Waals surface area contributed by atoms with Crippen molar-refractivity contribution in [2.75, 3.05) is 6.54 Å². The summed E-state index contributed by atoms with van der Waals surface area (Å²) in [5, 5.41) is 0. The molecule has 1 unspecified atom stereocenters. The Bertz CT molecular complexity index is 471. The van der Waals surface area contributed by atoms with Crippen LogP contribution >= 0.6 is 0 Å². The van der Waals surface area contributed by atoms with E-state index in [9.17, 15) is 9.59 Å². The summed E-state index contributed by atoms with van der Waals surface area (Å²) in [5.74, 6) is 0.162. The van der Waals surface area contributed by atoms with Gasteiger partial charge in [-0.2, -0.15) is 0 Å². The fraction of sp³-hybridized carbons (Fsp3) is 0.500. The van der Waals surface area contributed by atoms with Crippen LogP contribution < -0.4 is 0 Å². The Morgan fingerprint density at radius 1 is 1.50 bits per heavy atom. The zero-order valence-corrected chi connectivity index (χ0v) is 10.8. The Morgan fingerprint density at radius 3 is 2.94 bits per heavy atom. The van der Waals surface area contributed by atoms with Gasteiger partial charge in [0, 0.05) is 36.5 Å². The van der Waals surface area contributed by atoms with E-state index in [4.69, 9.17) is 0 Å². The van der Waals surface area contributed by atoms with Gasteiger partial charge < -0.3 is 4.90 Å². The average molecular weight is 246 g/mol. The molecule has 4 heteroatoms. The first-order valence-electron chi connectivity index (χ1n) is 6.31. The molecule has 96 valence electrons. The monoisotopic (exact) mass is 246 g/mol. The molecule has 1 fully saturated rings. The third kappa shape index (κ3) is 2.75. The molecule has 0 N–H and O–H groups in total. The highest BCUT2D eigenvalue weighted by Gasteiger charge is 2.30. The van der Waals surface area contributed by atoms with Crippen molar-refractivity contribution >= 4 is 11.7 Å². The van der Waals surface area contributed by atoms with Gasteiger partial charge in [-0.15, -0.1) is 0 Å². The fourth-order valence-electron chi connectivity index (χ4n) is 2.49. The third-order valence-corrected chi connectivity index (χ3v) is 3.30. The minimum atomic E-state index is 0.0178. The van der Waals surface area contributed by atoms with E-state index in [0.29, 0.717) is 12.0 Å². The molecule has 1 atom stereocenters. The SMILES string of the molecule is CC(=O)CC1CCCN1C(=O)c1ccnc(C)c1. The number of carbonyl (C=O) groups is 2. The number of aryl methyl sites for hydroxylation is 1. The number of hydrogen-bond acceptors (Lipinski definition) is 3. The fourth-order valence-corrected chi connectivity index (χ4v) is 2.49. The van der Waals surface area contributed by atoms with Crippen LogP contribution in [0, 0.1) is 6.92 Å². The minimum absolute atomic E-state index is 0.0178. The molecule has 2 heterocycles. The summed E-state index contributed by atoms with van der Waals surface area (Å²) in [5.41, 5.74) is 1.50. The van der Waals surface area contributed by atoms with Gasteiger partial charge in [0.25, 0.3) is 5.91 Å². The van der Waals surface area contributed by atoms with Crippen LogP contribution in [0.5, 0.6) is 0 Å². The van der Waals surface area contributed by atoms with Crippen LogP contribution in [-0.4, -0.2) is 34.2 Å². The number of aromatic nitrogens is 1. The standard InChI is InChI=1S/C14H18N2O2/c1-10-8-12(5-6-15-10)14(18)16-7-3-4-13(16)9-11(2)17/h5-6,8,13H,3-4,7,9H2,1-2H3. The molecule has 0 saturated carbocycles. The Morgan fingerprint density at radius 2 is 2.28 bits per heavy atom. The van der Waals surface area contributed by atoms with Crippen molar-refractivity contribution in [3.8, 4) is 0 Å². The second-order valence-electron chi connectivity index (χ2n) is 4.89. The maximum Gasteiger partial charge on any atom is 0.254 e. The number of amides is 1. The maximum atomic E-state index is 12.4. The van der Waals surface area contributed by atoms with Crippen molar-refractivity contribution in [3.63, 3.8) is 0 Å². The first kappa shape index (κ1) is 12.7. The summed E-state index contributed by atoms with van der Waals surface area (Å²) >= 11 is 0. The van der Waals surface area contributed by atoms with Gasteiger partial charge >= 0.3 is 0 Å². The van der Waals surface area contributed by atoms with E-state index in [1.54, 1.807) is 25.3 Å². The highest BCUT2D eigenvalue weighted by molar-refractivity contribution is 5.95. The molecule has 1 amide bonds. The van der Waals surface area contributed by atoms with Crippen LogP contribution in [0.2, 0.25) is 0 Å². The van der Waals surface area contributed by atoms with E-state index < -0.39 is 0 Å². The van der Waals surface area contributed by atoms with Gasteiger partial charge in [0.05, 0.1) is 0 Å². The normalized spacial score (nSPS) is 19.0. The Balaban J connectivity index is 2.15. The predicted molar refractivity (Wildman–Crippen MR) is 68.3 cm³/mol. The third-order valence-electron chi connectivity index (χ3n) is 3.30. The van der Waals surface area contributed by atoms with Crippen LogP contribution in [-0.2, 0) is 4.79 Å². The number of hydrogen-bond donors (Lipinski definition) is 0. The van der Waals surface area contributed by atoms with E-state index >= 15 is 0 Å². The van der Waals surface area contributed by atoms with Crippen LogP contribution in [0.1, 0.15) is 42.2 Å². The number of Topliss-reactive ketones (excluding diaryl/α,β-unsaturated/α-hetero) is 1. The number of ketones is 1. The molecule has 1 aliphatic rings. The number of pyridine rings is 1. The molecule has 1 aromatic heterocycles. The zero-order valence-electron chi connectivity index (χ0n) is 10.8. The number of likely N-dealkylation sites (tertiary alicyclic amines) is 1. The van der Waals surface area contributed by atoms with Crippen LogP contribution in [0.3, 0.4) is 0 Å². The summed E-state index contributed by atoms with van der Waals surface area (Å²) < 4.78 is 0. The number of rotatable bonds is 3. The molecule has 0 aromatic carbocycles. The van der Waals surface area contributed by atoms with E-state index in [1.165, 1.54) is 0 Å². The van der Waals surface area contributed by atoms with Crippen LogP contribution in [0.25, 0.3) is 0 Å². The summed E-state index contributed by atoms with van der Waals surface area (Å²) in [6.45, 7) is 4.20. The smallest absolute Gasteiger partial charge is 0.254 e. The molecule has 1 aromatic rings. The summed E-state index contributed by atoms with van der Waals surface area (Å²) in [7, 11) is 0. The minimum Gasteiger partial charge on any atom is -0.335 e. The highest BCUT2D eigenvalue weighted by atomic mass is 16.2. The zero-order chi connectivity index (χ0) is 13.1. The van der Waals surface area contributed by atoms with E-state index in [1.807, 2.05) is 11.8 Å². The molecule has 1 saturated heterocycles.